The second-order valence-corrected chi connectivity index (χ2v) is 7.60. The number of nitrogen functional groups attached to an aromatic ring is 1. The lowest BCUT2D eigenvalue weighted by atomic mass is 10.1. The topological polar surface area (TPSA) is 61.5 Å². The molecule has 128 valence electrons. The summed E-state index contributed by atoms with van der Waals surface area (Å²) >= 11 is 1.71. The fourth-order valence-electron chi connectivity index (χ4n) is 3.28. The van der Waals surface area contributed by atoms with Crippen LogP contribution in [0.1, 0.15) is 19.8 Å². The number of aromatic nitrogens is 2. The number of hydrogen-bond acceptors (Lipinski definition) is 7. The molecule has 2 N–H and O–H groups in total. The Hall–Kier alpha value is -1.05. The first-order valence-corrected chi connectivity index (χ1v) is 9.59. The number of hydrogen-bond donors (Lipinski definition) is 1. The van der Waals surface area contributed by atoms with Crippen LogP contribution in [0.25, 0.3) is 0 Å². The number of rotatable bonds is 5. The van der Waals surface area contributed by atoms with Crippen LogP contribution in [0.3, 0.4) is 0 Å². The SMILES string of the molecule is CCCCSc1nc(N)cc(N2CCN3CCN(C)CC3C2)n1. The Balaban J connectivity index is 1.68. The van der Waals surface area contributed by atoms with Gasteiger partial charge in [-0.1, -0.05) is 25.1 Å². The van der Waals surface area contributed by atoms with Gasteiger partial charge in [0, 0.05) is 57.1 Å². The lowest BCUT2D eigenvalue weighted by molar-refractivity contribution is 0.0804. The van der Waals surface area contributed by atoms with Gasteiger partial charge in [0.2, 0.25) is 0 Å². The molecule has 3 heterocycles. The summed E-state index contributed by atoms with van der Waals surface area (Å²) in [6, 6.07) is 2.52. The van der Waals surface area contributed by atoms with E-state index in [0.717, 1.165) is 42.9 Å². The van der Waals surface area contributed by atoms with E-state index in [9.17, 15) is 0 Å². The highest BCUT2D eigenvalue weighted by Gasteiger charge is 2.31. The smallest absolute Gasteiger partial charge is 0.191 e. The summed E-state index contributed by atoms with van der Waals surface area (Å²) in [5.74, 6) is 2.63. The second kappa shape index (κ2) is 7.68. The summed E-state index contributed by atoms with van der Waals surface area (Å²) in [7, 11) is 2.21. The third-order valence-corrected chi connectivity index (χ3v) is 5.59. The summed E-state index contributed by atoms with van der Waals surface area (Å²) in [5, 5.41) is 0.816. The Labute approximate surface area is 143 Å². The predicted molar refractivity (Wildman–Crippen MR) is 97.1 cm³/mol. The monoisotopic (exact) mass is 336 g/mol. The summed E-state index contributed by atoms with van der Waals surface area (Å²) in [5.41, 5.74) is 6.01. The van der Waals surface area contributed by atoms with Crippen LogP contribution >= 0.6 is 11.8 Å². The lowest BCUT2D eigenvalue weighted by Gasteiger charge is -2.46. The highest BCUT2D eigenvalue weighted by atomic mass is 32.2. The first kappa shape index (κ1) is 16.8. The number of nitrogens with two attached hydrogens (primary N) is 1. The van der Waals surface area contributed by atoms with Crippen LogP contribution in [0.15, 0.2) is 11.2 Å². The average molecular weight is 337 g/mol. The van der Waals surface area contributed by atoms with Crippen molar-refractivity contribution >= 4 is 23.4 Å². The molecule has 0 bridgehead atoms. The van der Waals surface area contributed by atoms with Crippen molar-refractivity contribution in [3.8, 4) is 0 Å². The van der Waals surface area contributed by atoms with E-state index in [2.05, 4.69) is 33.7 Å². The summed E-state index contributed by atoms with van der Waals surface area (Å²) in [6.45, 7) is 8.85. The fraction of sp³-hybridized carbons (Fsp3) is 0.750. The van der Waals surface area contributed by atoms with E-state index in [1.54, 1.807) is 11.8 Å². The molecule has 1 atom stereocenters. The Kier molecular flexibility index (Phi) is 5.61. The number of unbranched alkanes of at least 4 members (excludes halogenated alkanes) is 1. The second-order valence-electron chi connectivity index (χ2n) is 6.53. The van der Waals surface area contributed by atoms with Gasteiger partial charge in [0.15, 0.2) is 5.16 Å². The van der Waals surface area contributed by atoms with Crippen LogP contribution in [0.2, 0.25) is 0 Å². The van der Waals surface area contributed by atoms with Gasteiger partial charge in [-0.25, -0.2) is 9.97 Å². The van der Waals surface area contributed by atoms with Crippen LogP contribution in [0.4, 0.5) is 11.6 Å². The maximum Gasteiger partial charge on any atom is 0.191 e. The van der Waals surface area contributed by atoms with Crippen molar-refractivity contribution in [3.63, 3.8) is 0 Å². The first-order valence-electron chi connectivity index (χ1n) is 8.60. The van der Waals surface area contributed by atoms with Gasteiger partial charge in [-0.15, -0.1) is 0 Å². The van der Waals surface area contributed by atoms with Crippen molar-refractivity contribution in [2.45, 2.75) is 31.0 Å². The molecule has 6 nitrogen and oxygen atoms in total. The van der Waals surface area contributed by atoms with E-state index in [0.29, 0.717) is 11.9 Å². The molecule has 2 aliphatic rings. The number of fused-ring (bicyclic) bond motifs is 1. The van der Waals surface area contributed by atoms with Crippen molar-refractivity contribution in [1.29, 1.82) is 0 Å². The molecule has 1 unspecified atom stereocenters. The quantitative estimate of drug-likeness (QED) is 0.495. The van der Waals surface area contributed by atoms with E-state index in [4.69, 9.17) is 10.7 Å². The third-order valence-electron chi connectivity index (χ3n) is 4.66. The highest BCUT2D eigenvalue weighted by Crippen LogP contribution is 2.24. The number of nitrogens with zero attached hydrogens (tertiary/aromatic N) is 5. The molecule has 1 aromatic rings. The van der Waals surface area contributed by atoms with Crippen molar-refractivity contribution in [2.24, 2.45) is 0 Å². The van der Waals surface area contributed by atoms with E-state index in [-0.39, 0.29) is 0 Å². The van der Waals surface area contributed by atoms with Gasteiger partial charge < -0.3 is 15.5 Å². The summed E-state index contributed by atoms with van der Waals surface area (Å²) < 4.78 is 0. The molecule has 3 rings (SSSR count). The summed E-state index contributed by atoms with van der Waals surface area (Å²) in [6.07, 6.45) is 2.38. The van der Waals surface area contributed by atoms with Crippen LogP contribution in [-0.4, -0.2) is 77.9 Å². The van der Waals surface area contributed by atoms with Crippen LogP contribution in [0.5, 0.6) is 0 Å². The van der Waals surface area contributed by atoms with Crippen LogP contribution < -0.4 is 10.6 Å². The molecule has 2 saturated heterocycles. The molecule has 0 saturated carbocycles. The molecule has 0 radical (unpaired) electrons. The number of anilines is 2. The molecule has 0 aromatic carbocycles. The Morgan fingerprint density at radius 2 is 2.04 bits per heavy atom. The molecule has 23 heavy (non-hydrogen) atoms. The van der Waals surface area contributed by atoms with Gasteiger partial charge >= 0.3 is 0 Å². The Morgan fingerprint density at radius 1 is 1.22 bits per heavy atom. The zero-order valence-corrected chi connectivity index (χ0v) is 15.1. The third kappa shape index (κ3) is 4.28. The zero-order valence-electron chi connectivity index (χ0n) is 14.2. The molecule has 0 amide bonds. The number of likely N-dealkylation sites (N-methyl/N-ethyl adjacent to an activating group) is 1. The fourth-order valence-corrected chi connectivity index (χ4v) is 4.23. The van der Waals surface area contributed by atoms with E-state index in [1.807, 2.05) is 6.07 Å². The lowest BCUT2D eigenvalue weighted by Crippen LogP contribution is -2.61. The van der Waals surface area contributed by atoms with Gasteiger partial charge in [-0.3, -0.25) is 4.90 Å². The maximum absolute atomic E-state index is 6.01. The molecule has 0 aliphatic carbocycles. The van der Waals surface area contributed by atoms with Crippen molar-refractivity contribution < 1.29 is 0 Å². The van der Waals surface area contributed by atoms with E-state index in [1.165, 1.54) is 25.9 Å². The van der Waals surface area contributed by atoms with Gasteiger partial charge in [-0.2, -0.15) is 0 Å². The van der Waals surface area contributed by atoms with Crippen molar-refractivity contribution in [3.05, 3.63) is 6.07 Å². The molecule has 7 heteroatoms. The first-order chi connectivity index (χ1) is 11.2. The molecule has 2 aliphatic heterocycles. The molecule has 0 spiro atoms. The van der Waals surface area contributed by atoms with Crippen LogP contribution in [0, 0.1) is 0 Å². The van der Waals surface area contributed by atoms with Crippen molar-refractivity contribution in [2.75, 3.05) is 62.7 Å². The standard InChI is InChI=1S/C16H28N6S/c1-3-4-9-23-16-18-14(17)10-15(19-16)22-8-7-21-6-5-20(2)11-13(21)12-22/h10,13H,3-9,11-12H2,1-2H3,(H2,17,18,19). The highest BCUT2D eigenvalue weighted by molar-refractivity contribution is 7.99. The number of piperazine rings is 2. The number of thioether (sulfide) groups is 1. The van der Waals surface area contributed by atoms with Gasteiger partial charge in [0.05, 0.1) is 0 Å². The summed E-state index contributed by atoms with van der Waals surface area (Å²) in [4.78, 5) is 16.5. The average Bonchev–Trinajstić information content (AvgIpc) is 2.54. The Morgan fingerprint density at radius 3 is 2.87 bits per heavy atom. The minimum atomic E-state index is 0.581. The maximum atomic E-state index is 6.01. The Bertz CT molecular complexity index is 525. The van der Waals surface area contributed by atoms with Crippen molar-refractivity contribution in [1.82, 2.24) is 19.8 Å². The van der Waals surface area contributed by atoms with E-state index < -0.39 is 0 Å². The van der Waals surface area contributed by atoms with Gasteiger partial charge in [0.1, 0.15) is 11.6 Å². The minimum Gasteiger partial charge on any atom is -0.383 e. The molecule has 1 aromatic heterocycles. The molecule has 2 fully saturated rings. The van der Waals surface area contributed by atoms with Crippen LogP contribution in [-0.2, 0) is 0 Å². The normalized spacial score (nSPS) is 23.0. The predicted octanol–water partition coefficient (Wildman–Crippen LogP) is 1.39. The molecular formula is C16H28N6S. The van der Waals surface area contributed by atoms with Gasteiger partial charge in [0.25, 0.3) is 0 Å². The zero-order chi connectivity index (χ0) is 16.2. The minimum absolute atomic E-state index is 0.581. The van der Waals surface area contributed by atoms with Gasteiger partial charge in [-0.05, 0) is 13.5 Å². The van der Waals surface area contributed by atoms with E-state index >= 15 is 0 Å². The molecular weight excluding hydrogens is 308 g/mol. The largest absolute Gasteiger partial charge is 0.383 e.